The Bertz CT molecular complexity index is 1400. The predicted molar refractivity (Wildman–Crippen MR) is 129 cm³/mol. The highest BCUT2D eigenvalue weighted by atomic mass is 16.5. The third-order valence-electron chi connectivity index (χ3n) is 5.92. The van der Waals surface area contributed by atoms with E-state index in [2.05, 4.69) is 16.8 Å². The third-order valence-corrected chi connectivity index (χ3v) is 5.92. The number of hydrogen-bond donors (Lipinski definition) is 0. The summed E-state index contributed by atoms with van der Waals surface area (Å²) >= 11 is 0. The second kappa shape index (κ2) is 9.28. The van der Waals surface area contributed by atoms with Gasteiger partial charge in [-0.1, -0.05) is 12.0 Å². The quantitative estimate of drug-likeness (QED) is 0.404. The molecule has 170 valence electrons. The van der Waals surface area contributed by atoms with Gasteiger partial charge in [0.25, 0.3) is 5.91 Å². The number of benzene rings is 2. The molecule has 1 fully saturated rings. The second-order valence-corrected chi connectivity index (χ2v) is 7.99. The van der Waals surface area contributed by atoms with Crippen molar-refractivity contribution in [1.29, 1.82) is 0 Å². The predicted octanol–water partition coefficient (Wildman–Crippen LogP) is 4.88. The van der Waals surface area contributed by atoms with Crippen molar-refractivity contribution in [3.63, 3.8) is 0 Å². The zero-order valence-electron chi connectivity index (χ0n) is 19.1. The van der Waals surface area contributed by atoms with Crippen molar-refractivity contribution in [2.45, 2.75) is 25.8 Å². The van der Waals surface area contributed by atoms with Gasteiger partial charge in [-0.2, -0.15) is 0 Å². The first kappa shape index (κ1) is 21.5. The van der Waals surface area contributed by atoms with Gasteiger partial charge in [-0.25, -0.2) is 4.98 Å². The van der Waals surface area contributed by atoms with Crippen molar-refractivity contribution in [3.05, 3.63) is 72.9 Å². The van der Waals surface area contributed by atoms with Gasteiger partial charge in [-0.15, -0.1) is 0 Å². The lowest BCUT2D eigenvalue weighted by atomic mass is 10.1. The number of fused-ring (bicyclic) bond motifs is 1. The zero-order valence-corrected chi connectivity index (χ0v) is 19.1. The molecule has 5 rings (SSSR count). The number of methoxy groups -OCH3 is 1. The van der Waals surface area contributed by atoms with E-state index in [-0.39, 0.29) is 11.9 Å². The first-order valence-electron chi connectivity index (χ1n) is 11.2. The minimum atomic E-state index is -0.156. The third kappa shape index (κ3) is 4.06. The molecule has 1 aliphatic rings. The number of nitrogens with zero attached hydrogens (tertiary/aromatic N) is 4. The number of ether oxygens (including phenoxy) is 2. The molecule has 1 amide bonds. The molecule has 1 aliphatic heterocycles. The summed E-state index contributed by atoms with van der Waals surface area (Å²) in [6.45, 7) is 2.36. The average Bonchev–Trinajstić information content (AvgIpc) is 3.50. The molecule has 7 heteroatoms. The van der Waals surface area contributed by atoms with Crippen LogP contribution in [0.15, 0.2) is 67.1 Å². The van der Waals surface area contributed by atoms with Crippen LogP contribution >= 0.6 is 0 Å². The van der Waals surface area contributed by atoms with Crippen LogP contribution in [0.5, 0.6) is 17.2 Å². The van der Waals surface area contributed by atoms with Crippen LogP contribution in [0.3, 0.4) is 0 Å². The van der Waals surface area contributed by atoms with E-state index in [1.165, 1.54) is 0 Å². The Hall–Kier alpha value is -4.31. The number of imidazole rings is 1. The molecule has 2 aromatic carbocycles. The summed E-state index contributed by atoms with van der Waals surface area (Å²) in [5, 5.41) is 0. The van der Waals surface area contributed by atoms with Crippen LogP contribution in [0.2, 0.25) is 0 Å². The van der Waals surface area contributed by atoms with Crippen molar-refractivity contribution in [3.8, 4) is 40.3 Å². The Kier molecular flexibility index (Phi) is 5.88. The highest BCUT2D eigenvalue weighted by Gasteiger charge is 2.33. The Morgan fingerprint density at radius 3 is 2.74 bits per heavy atom. The monoisotopic (exact) mass is 452 g/mol. The summed E-state index contributed by atoms with van der Waals surface area (Å²) in [4.78, 5) is 23.7. The van der Waals surface area contributed by atoms with Gasteiger partial charge in [-0.05, 0) is 62.1 Å². The molecule has 1 saturated heterocycles. The van der Waals surface area contributed by atoms with Gasteiger partial charge >= 0.3 is 0 Å². The number of aromatic nitrogens is 3. The first-order valence-corrected chi connectivity index (χ1v) is 11.2. The lowest BCUT2D eigenvalue weighted by molar-refractivity contribution is -0.126. The molecule has 0 N–H and O–H groups in total. The van der Waals surface area contributed by atoms with Gasteiger partial charge in [0.15, 0.2) is 0 Å². The number of amides is 1. The zero-order chi connectivity index (χ0) is 23.5. The minimum absolute atomic E-state index is 0.118. The van der Waals surface area contributed by atoms with Crippen LogP contribution in [-0.2, 0) is 4.79 Å². The summed E-state index contributed by atoms with van der Waals surface area (Å²) in [6.07, 6.45) is 7.21. The Balaban J connectivity index is 1.47. The molecule has 0 spiro atoms. The molecule has 1 atom stereocenters. The van der Waals surface area contributed by atoms with E-state index in [0.29, 0.717) is 18.0 Å². The van der Waals surface area contributed by atoms with E-state index in [4.69, 9.17) is 14.5 Å². The lowest BCUT2D eigenvalue weighted by Gasteiger charge is -2.21. The molecule has 7 nitrogen and oxygen atoms in total. The van der Waals surface area contributed by atoms with E-state index >= 15 is 0 Å². The molecular weight excluding hydrogens is 428 g/mol. The van der Waals surface area contributed by atoms with Gasteiger partial charge in [0.2, 0.25) is 0 Å². The number of rotatable bonds is 5. The summed E-state index contributed by atoms with van der Waals surface area (Å²) < 4.78 is 13.3. The van der Waals surface area contributed by atoms with Gasteiger partial charge in [0.1, 0.15) is 23.1 Å². The van der Waals surface area contributed by atoms with E-state index in [1.807, 2.05) is 64.0 Å². The molecule has 1 unspecified atom stereocenters. The molecular formula is C27H24N4O3. The van der Waals surface area contributed by atoms with Gasteiger partial charge < -0.3 is 14.4 Å². The van der Waals surface area contributed by atoms with Gasteiger partial charge in [0.05, 0.1) is 30.6 Å². The van der Waals surface area contributed by atoms with E-state index in [0.717, 1.165) is 41.2 Å². The minimum Gasteiger partial charge on any atom is -0.497 e. The van der Waals surface area contributed by atoms with Crippen molar-refractivity contribution in [1.82, 2.24) is 19.3 Å². The largest absolute Gasteiger partial charge is 0.497 e. The van der Waals surface area contributed by atoms with Crippen LogP contribution in [0, 0.1) is 11.8 Å². The Morgan fingerprint density at radius 2 is 1.94 bits per heavy atom. The van der Waals surface area contributed by atoms with Crippen LogP contribution in [0.4, 0.5) is 0 Å². The fourth-order valence-corrected chi connectivity index (χ4v) is 4.35. The van der Waals surface area contributed by atoms with Crippen molar-refractivity contribution < 1.29 is 14.3 Å². The molecule has 0 aliphatic carbocycles. The molecule has 0 radical (unpaired) electrons. The van der Waals surface area contributed by atoms with E-state index < -0.39 is 0 Å². The lowest BCUT2D eigenvalue weighted by Crippen LogP contribution is -2.30. The normalized spacial score (nSPS) is 15.1. The summed E-state index contributed by atoms with van der Waals surface area (Å²) in [5.41, 5.74) is 2.65. The summed E-state index contributed by atoms with van der Waals surface area (Å²) in [7, 11) is 1.63. The highest BCUT2D eigenvalue weighted by molar-refractivity contribution is 5.94. The number of carbonyl (C=O) groups excluding carboxylic acids is 1. The SMILES string of the molecule is CC#CC(=O)N1CCCC1c1nc(-c2ccc(Oc3cccc(OC)c3)cc2)c2cnccn12. The maximum absolute atomic E-state index is 12.6. The number of carbonyl (C=O) groups is 1. The van der Waals surface area contributed by atoms with Crippen molar-refractivity contribution >= 4 is 11.4 Å². The Morgan fingerprint density at radius 1 is 1.12 bits per heavy atom. The van der Waals surface area contributed by atoms with E-state index in [9.17, 15) is 4.79 Å². The topological polar surface area (TPSA) is 69.0 Å². The molecule has 0 saturated carbocycles. The van der Waals surface area contributed by atoms with E-state index in [1.54, 1.807) is 26.4 Å². The van der Waals surface area contributed by atoms with Crippen LogP contribution in [0.1, 0.15) is 31.6 Å². The molecule has 4 aromatic rings. The first-order chi connectivity index (χ1) is 16.7. The van der Waals surface area contributed by atoms with Crippen LogP contribution in [-0.4, -0.2) is 38.8 Å². The molecule has 3 heterocycles. The van der Waals surface area contributed by atoms with Crippen molar-refractivity contribution in [2.75, 3.05) is 13.7 Å². The fourth-order valence-electron chi connectivity index (χ4n) is 4.35. The second-order valence-electron chi connectivity index (χ2n) is 7.99. The average molecular weight is 453 g/mol. The molecule has 2 aromatic heterocycles. The smallest absolute Gasteiger partial charge is 0.299 e. The summed E-state index contributed by atoms with van der Waals surface area (Å²) in [5.74, 6) is 8.21. The highest BCUT2D eigenvalue weighted by Crippen LogP contribution is 2.35. The van der Waals surface area contributed by atoms with Crippen molar-refractivity contribution in [2.24, 2.45) is 0 Å². The van der Waals surface area contributed by atoms with Crippen LogP contribution < -0.4 is 9.47 Å². The number of hydrogen-bond acceptors (Lipinski definition) is 5. The number of likely N-dealkylation sites (tertiary alicyclic amines) is 1. The van der Waals surface area contributed by atoms with Crippen LogP contribution in [0.25, 0.3) is 16.8 Å². The van der Waals surface area contributed by atoms with Gasteiger partial charge in [-0.3, -0.25) is 14.2 Å². The van der Waals surface area contributed by atoms with Gasteiger partial charge in [0, 0.05) is 30.6 Å². The Labute approximate surface area is 198 Å². The maximum Gasteiger partial charge on any atom is 0.299 e. The summed E-state index contributed by atoms with van der Waals surface area (Å²) in [6, 6.07) is 15.2. The standard InChI is InChI=1S/C27H24N4O3/c1-3-6-25(32)30-15-5-9-23(30)27-29-26(24-18-28-14-16-31(24)27)19-10-12-20(13-11-19)34-22-8-4-7-21(17-22)33-2/h4,7-8,10-14,16-18,23H,5,9,15H2,1-2H3. The fraction of sp³-hybridized carbons (Fsp3) is 0.222. The molecule has 0 bridgehead atoms. The maximum atomic E-state index is 12.6. The molecule has 34 heavy (non-hydrogen) atoms.